The van der Waals surface area contributed by atoms with Crippen molar-refractivity contribution < 1.29 is 0 Å². The highest BCUT2D eigenvalue weighted by atomic mass is 15.2. The predicted molar refractivity (Wildman–Crippen MR) is 65.6 cm³/mol. The molecule has 0 saturated carbocycles. The number of piperazine rings is 1. The van der Waals surface area contributed by atoms with Crippen molar-refractivity contribution in [2.45, 2.75) is 19.9 Å². The predicted octanol–water partition coefficient (Wildman–Crippen LogP) is 1.66. The number of para-hydroxylation sites is 1. The van der Waals surface area contributed by atoms with Crippen LogP contribution in [0.15, 0.2) is 18.2 Å². The third-order valence-electron chi connectivity index (χ3n) is 3.04. The number of nitrogens with one attached hydrogen (secondary N) is 1. The zero-order valence-electron chi connectivity index (χ0n) is 9.83. The fourth-order valence-corrected chi connectivity index (χ4v) is 2.30. The minimum absolute atomic E-state index is 0.486. The second-order valence-corrected chi connectivity index (χ2v) is 4.38. The van der Waals surface area contributed by atoms with Gasteiger partial charge in [0.25, 0.3) is 0 Å². The highest BCUT2D eigenvalue weighted by Gasteiger charge is 2.19. The number of hydrogen-bond donors (Lipinski definition) is 1. The number of nitriles is 1. The summed E-state index contributed by atoms with van der Waals surface area (Å²) in [5, 5.41) is 12.6. The Morgan fingerprint density at radius 1 is 1.50 bits per heavy atom. The van der Waals surface area contributed by atoms with Crippen LogP contribution in [-0.2, 0) is 0 Å². The summed E-state index contributed by atoms with van der Waals surface area (Å²) in [5.41, 5.74) is 3.08. The lowest BCUT2D eigenvalue weighted by molar-refractivity contribution is 0.484. The minimum Gasteiger partial charge on any atom is -0.367 e. The molecule has 1 atom stereocenters. The van der Waals surface area contributed by atoms with Crippen LogP contribution in [0, 0.1) is 18.3 Å². The van der Waals surface area contributed by atoms with Crippen molar-refractivity contribution in [2.75, 3.05) is 24.5 Å². The summed E-state index contributed by atoms with van der Waals surface area (Å²) in [5.74, 6) is 0. The van der Waals surface area contributed by atoms with Gasteiger partial charge in [-0.2, -0.15) is 5.26 Å². The third kappa shape index (κ3) is 2.02. The van der Waals surface area contributed by atoms with E-state index in [9.17, 15) is 0 Å². The number of anilines is 1. The summed E-state index contributed by atoms with van der Waals surface area (Å²) in [7, 11) is 0. The molecule has 1 N–H and O–H groups in total. The third-order valence-corrected chi connectivity index (χ3v) is 3.04. The molecule has 3 heteroatoms. The van der Waals surface area contributed by atoms with E-state index >= 15 is 0 Å². The van der Waals surface area contributed by atoms with Crippen LogP contribution in [-0.4, -0.2) is 25.7 Å². The van der Waals surface area contributed by atoms with E-state index in [0.717, 1.165) is 30.9 Å². The number of hydrogen-bond acceptors (Lipinski definition) is 3. The summed E-state index contributed by atoms with van der Waals surface area (Å²) in [4.78, 5) is 2.31. The van der Waals surface area contributed by atoms with Crippen LogP contribution in [0.1, 0.15) is 18.1 Å². The molecule has 1 aliphatic rings. The van der Waals surface area contributed by atoms with Crippen LogP contribution in [0.4, 0.5) is 5.69 Å². The van der Waals surface area contributed by atoms with E-state index < -0.39 is 0 Å². The molecule has 16 heavy (non-hydrogen) atoms. The van der Waals surface area contributed by atoms with Gasteiger partial charge < -0.3 is 10.2 Å². The summed E-state index contributed by atoms with van der Waals surface area (Å²) in [6, 6.07) is 8.69. The first-order valence-corrected chi connectivity index (χ1v) is 5.70. The molecule has 1 aromatic rings. The van der Waals surface area contributed by atoms with E-state index in [1.165, 1.54) is 5.56 Å². The average molecular weight is 215 g/mol. The molecule has 0 radical (unpaired) electrons. The van der Waals surface area contributed by atoms with Gasteiger partial charge in [0.15, 0.2) is 0 Å². The maximum Gasteiger partial charge on any atom is 0.101 e. The van der Waals surface area contributed by atoms with Gasteiger partial charge >= 0.3 is 0 Å². The van der Waals surface area contributed by atoms with Crippen LogP contribution in [0.3, 0.4) is 0 Å². The Kier molecular flexibility index (Phi) is 3.12. The first-order valence-electron chi connectivity index (χ1n) is 5.70. The normalized spacial score (nSPS) is 20.6. The Labute approximate surface area is 96.7 Å². The summed E-state index contributed by atoms with van der Waals surface area (Å²) in [6.07, 6.45) is 0. The van der Waals surface area contributed by atoms with Gasteiger partial charge in [-0.3, -0.25) is 0 Å². The first kappa shape index (κ1) is 11.0. The Morgan fingerprint density at radius 2 is 2.31 bits per heavy atom. The van der Waals surface area contributed by atoms with Gasteiger partial charge in [-0.15, -0.1) is 0 Å². The van der Waals surface area contributed by atoms with E-state index in [1.807, 2.05) is 12.1 Å². The Balaban J connectivity index is 2.35. The van der Waals surface area contributed by atoms with Crippen molar-refractivity contribution in [1.29, 1.82) is 5.26 Å². The molecule has 0 amide bonds. The molecule has 0 spiro atoms. The lowest BCUT2D eigenvalue weighted by Gasteiger charge is -2.35. The van der Waals surface area contributed by atoms with Crippen molar-refractivity contribution in [1.82, 2.24) is 5.32 Å². The topological polar surface area (TPSA) is 39.1 Å². The minimum atomic E-state index is 0.486. The Morgan fingerprint density at radius 3 is 3.00 bits per heavy atom. The van der Waals surface area contributed by atoms with E-state index in [1.54, 1.807) is 0 Å². The molecular formula is C13H17N3. The number of benzene rings is 1. The highest BCUT2D eigenvalue weighted by molar-refractivity contribution is 5.64. The Bertz CT molecular complexity index is 420. The van der Waals surface area contributed by atoms with Gasteiger partial charge in [0.2, 0.25) is 0 Å². The van der Waals surface area contributed by atoms with Crippen LogP contribution in [0.25, 0.3) is 0 Å². The molecular weight excluding hydrogens is 198 g/mol. The van der Waals surface area contributed by atoms with Crippen molar-refractivity contribution in [3.05, 3.63) is 29.3 Å². The van der Waals surface area contributed by atoms with Crippen molar-refractivity contribution in [2.24, 2.45) is 0 Å². The zero-order valence-corrected chi connectivity index (χ0v) is 9.83. The molecule has 1 fully saturated rings. The van der Waals surface area contributed by atoms with Crippen molar-refractivity contribution in [3.63, 3.8) is 0 Å². The molecule has 0 aromatic heterocycles. The molecule has 0 bridgehead atoms. The van der Waals surface area contributed by atoms with Gasteiger partial charge in [-0.05, 0) is 25.5 Å². The molecule has 1 saturated heterocycles. The van der Waals surface area contributed by atoms with Gasteiger partial charge in [0.05, 0.1) is 11.3 Å². The molecule has 0 aliphatic carbocycles. The molecule has 2 rings (SSSR count). The second kappa shape index (κ2) is 4.54. The highest BCUT2D eigenvalue weighted by Crippen LogP contribution is 2.25. The lowest BCUT2D eigenvalue weighted by Crippen LogP contribution is -2.49. The molecule has 1 heterocycles. The number of rotatable bonds is 1. The number of nitrogens with zero attached hydrogens (tertiary/aromatic N) is 2. The van der Waals surface area contributed by atoms with Crippen LogP contribution >= 0.6 is 0 Å². The van der Waals surface area contributed by atoms with Crippen LogP contribution < -0.4 is 10.2 Å². The molecule has 1 unspecified atom stereocenters. The maximum absolute atomic E-state index is 9.15. The molecule has 1 aliphatic heterocycles. The van der Waals surface area contributed by atoms with Crippen LogP contribution in [0.2, 0.25) is 0 Å². The monoisotopic (exact) mass is 215 g/mol. The quantitative estimate of drug-likeness (QED) is 0.774. The first-order chi connectivity index (χ1) is 7.72. The maximum atomic E-state index is 9.15. The SMILES string of the molecule is Cc1cccc(C#N)c1N1CCNC(C)C1. The fraction of sp³-hybridized carbons (Fsp3) is 0.462. The largest absolute Gasteiger partial charge is 0.367 e. The van der Waals surface area contributed by atoms with Crippen molar-refractivity contribution >= 4 is 5.69 Å². The lowest BCUT2D eigenvalue weighted by atomic mass is 10.1. The smallest absolute Gasteiger partial charge is 0.101 e. The Hall–Kier alpha value is -1.53. The van der Waals surface area contributed by atoms with Crippen molar-refractivity contribution in [3.8, 4) is 6.07 Å². The molecule has 1 aromatic carbocycles. The van der Waals surface area contributed by atoms with E-state index in [2.05, 4.69) is 36.2 Å². The van der Waals surface area contributed by atoms with Gasteiger partial charge in [-0.25, -0.2) is 0 Å². The fourth-order valence-electron chi connectivity index (χ4n) is 2.30. The van der Waals surface area contributed by atoms with Gasteiger partial charge in [-0.1, -0.05) is 12.1 Å². The number of aryl methyl sites for hydroxylation is 1. The van der Waals surface area contributed by atoms with Gasteiger partial charge in [0.1, 0.15) is 6.07 Å². The van der Waals surface area contributed by atoms with E-state index in [4.69, 9.17) is 5.26 Å². The second-order valence-electron chi connectivity index (χ2n) is 4.38. The standard InChI is InChI=1S/C13H17N3/c1-10-4-3-5-12(8-14)13(10)16-7-6-15-11(2)9-16/h3-5,11,15H,6-7,9H2,1-2H3. The average Bonchev–Trinajstić information content (AvgIpc) is 2.28. The molecule has 3 nitrogen and oxygen atoms in total. The van der Waals surface area contributed by atoms with Crippen LogP contribution in [0.5, 0.6) is 0 Å². The van der Waals surface area contributed by atoms with E-state index in [-0.39, 0.29) is 0 Å². The molecule has 84 valence electrons. The summed E-state index contributed by atoms with van der Waals surface area (Å²) < 4.78 is 0. The summed E-state index contributed by atoms with van der Waals surface area (Å²) >= 11 is 0. The zero-order chi connectivity index (χ0) is 11.5. The summed E-state index contributed by atoms with van der Waals surface area (Å²) in [6.45, 7) is 7.18. The van der Waals surface area contributed by atoms with E-state index in [0.29, 0.717) is 6.04 Å². The van der Waals surface area contributed by atoms with Gasteiger partial charge in [0, 0.05) is 25.7 Å².